The highest BCUT2D eigenvalue weighted by Gasteiger charge is 2.34. The molecule has 0 unspecified atom stereocenters. The Labute approximate surface area is 249 Å². The van der Waals surface area contributed by atoms with Crippen molar-refractivity contribution in [2.24, 2.45) is 5.92 Å². The predicted octanol–water partition coefficient (Wildman–Crippen LogP) is 6.72. The number of amides is 2. The number of piperidine rings is 1. The standard InChI is InChI=1S/C33H37FN4O5/c1-21(2)19-33(42)13-15-37(16-14-33)31(41)35-24-17-28-27(29(18-24)43-26-11-7-23(34)8-12-26)20-38(36-28)25-9-5-22(6-10-25)32(3,4)30(39)40/h5-12,17-18,20-21,42H,13-16,19H2,1-4H3,(H,35,41)(H,39,40). The third kappa shape index (κ3) is 6.64. The van der Waals surface area contributed by atoms with Crippen molar-refractivity contribution in [2.75, 3.05) is 18.4 Å². The second-order valence-electron chi connectivity index (χ2n) is 12.3. The number of aliphatic carboxylic acids is 1. The second-order valence-corrected chi connectivity index (χ2v) is 12.3. The molecule has 3 aromatic carbocycles. The lowest BCUT2D eigenvalue weighted by molar-refractivity contribution is -0.142. The summed E-state index contributed by atoms with van der Waals surface area (Å²) in [7, 11) is 0. The molecular formula is C33H37FN4O5. The van der Waals surface area contributed by atoms with Gasteiger partial charge in [0.1, 0.15) is 17.3 Å². The summed E-state index contributed by atoms with van der Waals surface area (Å²) in [5.41, 5.74) is 0.594. The summed E-state index contributed by atoms with van der Waals surface area (Å²) in [5, 5.41) is 28.8. The quantitative estimate of drug-likeness (QED) is 0.210. The van der Waals surface area contributed by atoms with E-state index in [2.05, 4.69) is 19.2 Å². The number of hydrogen-bond donors (Lipinski definition) is 3. The van der Waals surface area contributed by atoms with Gasteiger partial charge in [-0.05, 0) is 87.1 Å². The number of ether oxygens (including phenoxy) is 1. The van der Waals surface area contributed by atoms with Gasteiger partial charge in [0.25, 0.3) is 0 Å². The molecule has 9 nitrogen and oxygen atoms in total. The number of likely N-dealkylation sites (tertiary alicyclic amines) is 1. The number of halogens is 1. The summed E-state index contributed by atoms with van der Waals surface area (Å²) < 4.78 is 21.3. The zero-order valence-corrected chi connectivity index (χ0v) is 24.8. The fraction of sp³-hybridized carbons (Fsp3) is 0.364. The third-order valence-corrected chi connectivity index (χ3v) is 8.04. The predicted molar refractivity (Wildman–Crippen MR) is 162 cm³/mol. The molecule has 0 spiro atoms. The molecule has 0 aliphatic carbocycles. The van der Waals surface area contributed by atoms with E-state index in [-0.39, 0.29) is 11.8 Å². The number of carboxylic acid groups (broad SMARTS) is 1. The number of fused-ring (bicyclic) bond motifs is 1. The molecule has 4 aromatic rings. The average molecular weight is 589 g/mol. The van der Waals surface area contributed by atoms with E-state index in [1.165, 1.54) is 24.3 Å². The number of aliphatic hydroxyl groups is 1. The van der Waals surface area contributed by atoms with Crippen LogP contribution < -0.4 is 10.1 Å². The van der Waals surface area contributed by atoms with E-state index in [1.54, 1.807) is 66.0 Å². The van der Waals surface area contributed by atoms with Crippen molar-refractivity contribution in [3.8, 4) is 17.2 Å². The van der Waals surface area contributed by atoms with Crippen molar-refractivity contribution in [1.29, 1.82) is 0 Å². The number of nitrogens with one attached hydrogen (secondary N) is 1. The minimum Gasteiger partial charge on any atom is -0.481 e. The summed E-state index contributed by atoms with van der Waals surface area (Å²) in [4.78, 5) is 26.6. The van der Waals surface area contributed by atoms with Crippen LogP contribution in [0.1, 0.15) is 52.5 Å². The lowest BCUT2D eigenvalue weighted by Crippen LogP contribution is -2.48. The zero-order valence-electron chi connectivity index (χ0n) is 24.8. The van der Waals surface area contributed by atoms with Crippen LogP contribution >= 0.6 is 0 Å². The van der Waals surface area contributed by atoms with Gasteiger partial charge >= 0.3 is 12.0 Å². The summed E-state index contributed by atoms with van der Waals surface area (Å²) in [6, 6.07) is 15.9. The molecule has 1 aliphatic rings. The first-order chi connectivity index (χ1) is 20.3. The van der Waals surface area contributed by atoms with Gasteiger partial charge < -0.3 is 25.2 Å². The molecule has 3 N–H and O–H groups in total. The monoisotopic (exact) mass is 588 g/mol. The minimum absolute atomic E-state index is 0.283. The number of hydrogen-bond acceptors (Lipinski definition) is 5. The maximum absolute atomic E-state index is 13.5. The Hall–Kier alpha value is -4.44. The first-order valence-corrected chi connectivity index (χ1v) is 14.4. The topological polar surface area (TPSA) is 117 Å². The van der Waals surface area contributed by atoms with Gasteiger partial charge in [0.2, 0.25) is 0 Å². The number of nitrogens with zero attached hydrogens (tertiary/aromatic N) is 3. The third-order valence-electron chi connectivity index (χ3n) is 8.04. The number of rotatable bonds is 8. The molecule has 5 rings (SSSR count). The van der Waals surface area contributed by atoms with E-state index in [9.17, 15) is 24.2 Å². The lowest BCUT2D eigenvalue weighted by Gasteiger charge is -2.39. The maximum Gasteiger partial charge on any atom is 0.321 e. The van der Waals surface area contributed by atoms with Crippen molar-refractivity contribution in [3.63, 3.8) is 0 Å². The zero-order chi connectivity index (χ0) is 30.9. The molecule has 2 heterocycles. The van der Waals surface area contributed by atoms with Crippen molar-refractivity contribution >= 4 is 28.6 Å². The Morgan fingerprint density at radius 2 is 1.72 bits per heavy atom. The van der Waals surface area contributed by atoms with Gasteiger partial charge in [-0.2, -0.15) is 5.10 Å². The molecule has 0 atom stereocenters. The van der Waals surface area contributed by atoms with Crippen LogP contribution in [-0.4, -0.2) is 55.6 Å². The van der Waals surface area contributed by atoms with Crippen LogP contribution in [0, 0.1) is 11.7 Å². The van der Waals surface area contributed by atoms with Gasteiger partial charge in [-0.25, -0.2) is 13.9 Å². The molecule has 10 heteroatoms. The summed E-state index contributed by atoms with van der Waals surface area (Å²) in [6.45, 7) is 8.35. The van der Waals surface area contributed by atoms with Crippen LogP contribution in [0.15, 0.2) is 66.9 Å². The van der Waals surface area contributed by atoms with Crippen molar-refractivity contribution in [2.45, 2.75) is 58.0 Å². The Kier molecular flexibility index (Phi) is 8.16. The number of aromatic nitrogens is 2. The van der Waals surface area contributed by atoms with Crippen molar-refractivity contribution in [1.82, 2.24) is 14.7 Å². The maximum atomic E-state index is 13.5. The van der Waals surface area contributed by atoms with Crippen LogP contribution in [0.25, 0.3) is 16.6 Å². The van der Waals surface area contributed by atoms with Crippen molar-refractivity contribution in [3.05, 3.63) is 78.2 Å². The van der Waals surface area contributed by atoms with Crippen LogP contribution in [0.4, 0.5) is 14.9 Å². The van der Waals surface area contributed by atoms with Gasteiger partial charge in [0.05, 0.1) is 27.6 Å². The largest absolute Gasteiger partial charge is 0.481 e. The number of urea groups is 1. The van der Waals surface area contributed by atoms with Gasteiger partial charge in [-0.15, -0.1) is 0 Å². The first-order valence-electron chi connectivity index (χ1n) is 14.4. The van der Waals surface area contributed by atoms with E-state index >= 15 is 0 Å². The molecular weight excluding hydrogens is 551 g/mol. The molecule has 1 saturated heterocycles. The summed E-state index contributed by atoms with van der Waals surface area (Å²) in [6.07, 6.45) is 3.52. The number of carbonyl (C=O) groups is 2. The van der Waals surface area contributed by atoms with Crippen LogP contribution in [0.2, 0.25) is 0 Å². The molecule has 2 amide bonds. The Balaban J connectivity index is 1.43. The molecule has 1 fully saturated rings. The van der Waals surface area contributed by atoms with Crippen LogP contribution in [-0.2, 0) is 10.2 Å². The normalized spacial score (nSPS) is 15.1. The number of carbonyl (C=O) groups excluding carboxylic acids is 1. The molecule has 226 valence electrons. The average Bonchev–Trinajstić information content (AvgIpc) is 3.38. The second kappa shape index (κ2) is 11.7. The fourth-order valence-corrected chi connectivity index (χ4v) is 5.46. The van der Waals surface area contributed by atoms with Gasteiger partial charge in [0.15, 0.2) is 0 Å². The molecule has 1 aromatic heterocycles. The number of benzene rings is 3. The van der Waals surface area contributed by atoms with Crippen LogP contribution in [0.5, 0.6) is 11.5 Å². The molecule has 0 radical (unpaired) electrons. The van der Waals surface area contributed by atoms with Gasteiger partial charge in [-0.3, -0.25) is 4.79 Å². The van der Waals surface area contributed by atoms with E-state index < -0.39 is 17.0 Å². The van der Waals surface area contributed by atoms with E-state index in [1.807, 2.05) is 0 Å². The molecule has 43 heavy (non-hydrogen) atoms. The number of carboxylic acids is 1. The summed E-state index contributed by atoms with van der Waals surface area (Å²) in [5.74, 6) is -0.106. The van der Waals surface area contributed by atoms with E-state index in [4.69, 9.17) is 9.84 Å². The lowest BCUT2D eigenvalue weighted by atomic mass is 9.84. The number of anilines is 1. The van der Waals surface area contributed by atoms with Crippen LogP contribution in [0.3, 0.4) is 0 Å². The van der Waals surface area contributed by atoms with Crippen molar-refractivity contribution < 1.29 is 28.9 Å². The van der Waals surface area contributed by atoms with Gasteiger partial charge in [-0.1, -0.05) is 26.0 Å². The molecule has 0 bridgehead atoms. The van der Waals surface area contributed by atoms with E-state index in [0.29, 0.717) is 77.6 Å². The Morgan fingerprint density at radius 3 is 2.33 bits per heavy atom. The van der Waals surface area contributed by atoms with E-state index in [0.717, 1.165) is 0 Å². The molecule has 0 saturated carbocycles. The summed E-state index contributed by atoms with van der Waals surface area (Å²) >= 11 is 0. The molecule has 1 aliphatic heterocycles. The smallest absolute Gasteiger partial charge is 0.321 e. The first kappa shape index (κ1) is 30.0. The Bertz CT molecular complexity index is 1620. The highest BCUT2D eigenvalue weighted by Crippen LogP contribution is 2.35. The van der Waals surface area contributed by atoms with Gasteiger partial charge in [0, 0.05) is 31.0 Å². The highest BCUT2D eigenvalue weighted by molar-refractivity contribution is 5.95. The fourth-order valence-electron chi connectivity index (χ4n) is 5.46. The highest BCUT2D eigenvalue weighted by atomic mass is 19.1. The Morgan fingerprint density at radius 1 is 1.07 bits per heavy atom. The SMILES string of the molecule is CC(C)CC1(O)CCN(C(=O)Nc2cc(Oc3ccc(F)cc3)c3cn(-c4ccc(C(C)(C)C(=O)O)cc4)nc3c2)CC1. The minimum atomic E-state index is -1.04.